The first-order valence-corrected chi connectivity index (χ1v) is 6.02. The number of hydrogen-bond acceptors (Lipinski definition) is 2. The molecule has 0 saturated heterocycles. The highest BCUT2D eigenvalue weighted by Crippen LogP contribution is 2.20. The molecule has 0 fully saturated rings. The van der Waals surface area contributed by atoms with Gasteiger partial charge in [0.25, 0.3) is 5.91 Å². The van der Waals surface area contributed by atoms with E-state index in [1.807, 2.05) is 25.1 Å². The van der Waals surface area contributed by atoms with Gasteiger partial charge >= 0.3 is 0 Å². The minimum atomic E-state index is -0.804. The fourth-order valence-corrected chi connectivity index (χ4v) is 1.73. The Kier molecular flexibility index (Phi) is 3.98. The van der Waals surface area contributed by atoms with Crippen LogP contribution < -0.4 is 10.2 Å². The van der Waals surface area contributed by atoms with Crippen molar-refractivity contribution in [3.05, 3.63) is 59.7 Å². The molecule has 0 saturated carbocycles. The minimum Gasteiger partial charge on any atom is -0.378 e. The van der Waals surface area contributed by atoms with E-state index in [2.05, 4.69) is 5.32 Å². The molecular formula is C15H14F2N2O. The number of benzene rings is 2. The molecule has 0 unspecified atom stereocenters. The summed E-state index contributed by atoms with van der Waals surface area (Å²) in [6.07, 6.45) is 0. The van der Waals surface area contributed by atoms with E-state index in [0.717, 1.165) is 17.8 Å². The highest BCUT2D eigenvalue weighted by molar-refractivity contribution is 6.04. The molecule has 0 radical (unpaired) electrons. The second-order valence-electron chi connectivity index (χ2n) is 4.50. The van der Waals surface area contributed by atoms with E-state index in [-0.39, 0.29) is 0 Å². The normalized spacial score (nSPS) is 10.2. The molecule has 0 aliphatic heterocycles. The van der Waals surface area contributed by atoms with Gasteiger partial charge in [-0.25, -0.2) is 8.78 Å². The predicted molar refractivity (Wildman–Crippen MR) is 75.1 cm³/mol. The molecule has 0 heterocycles. The highest BCUT2D eigenvalue weighted by Gasteiger charge is 2.13. The Hall–Kier alpha value is -2.43. The van der Waals surface area contributed by atoms with Crippen LogP contribution >= 0.6 is 0 Å². The fraction of sp³-hybridized carbons (Fsp3) is 0.133. The first-order chi connectivity index (χ1) is 9.49. The number of halogens is 2. The van der Waals surface area contributed by atoms with E-state index in [4.69, 9.17) is 0 Å². The van der Waals surface area contributed by atoms with Crippen LogP contribution in [-0.4, -0.2) is 20.0 Å². The first-order valence-electron chi connectivity index (χ1n) is 6.02. The van der Waals surface area contributed by atoms with Crippen molar-refractivity contribution in [1.29, 1.82) is 0 Å². The van der Waals surface area contributed by atoms with Crippen molar-refractivity contribution in [2.75, 3.05) is 24.3 Å². The number of rotatable bonds is 3. The molecule has 0 atom stereocenters. The largest absolute Gasteiger partial charge is 0.378 e. The average molecular weight is 276 g/mol. The van der Waals surface area contributed by atoms with E-state index >= 15 is 0 Å². The number of nitrogens with zero attached hydrogens (tertiary/aromatic N) is 1. The van der Waals surface area contributed by atoms with E-state index in [1.54, 1.807) is 18.2 Å². The maximum Gasteiger partial charge on any atom is 0.255 e. The van der Waals surface area contributed by atoms with Gasteiger partial charge in [0.2, 0.25) is 0 Å². The van der Waals surface area contributed by atoms with Crippen LogP contribution in [0.1, 0.15) is 10.4 Å². The molecule has 1 N–H and O–H groups in total. The molecule has 104 valence electrons. The van der Waals surface area contributed by atoms with E-state index < -0.39 is 23.2 Å². The molecule has 0 aromatic heterocycles. The van der Waals surface area contributed by atoms with Gasteiger partial charge in [0, 0.05) is 25.3 Å². The standard InChI is InChI=1S/C15H14F2N2O/c1-19(2)11-6-3-5-10(9-11)15(20)18-14-12(16)7-4-8-13(14)17/h3-9H,1-2H3,(H,18,20). The van der Waals surface area contributed by atoms with Crippen molar-refractivity contribution in [3.8, 4) is 0 Å². The zero-order valence-corrected chi connectivity index (χ0v) is 11.2. The van der Waals surface area contributed by atoms with Crippen LogP contribution in [-0.2, 0) is 0 Å². The average Bonchev–Trinajstić information content (AvgIpc) is 2.43. The van der Waals surface area contributed by atoms with Crippen LogP contribution in [0.2, 0.25) is 0 Å². The number of carbonyl (C=O) groups is 1. The smallest absolute Gasteiger partial charge is 0.255 e. The fourth-order valence-electron chi connectivity index (χ4n) is 1.73. The SMILES string of the molecule is CN(C)c1cccc(C(=O)Nc2c(F)cccc2F)c1. The third-order valence-corrected chi connectivity index (χ3v) is 2.83. The molecule has 1 amide bonds. The van der Waals surface area contributed by atoms with Gasteiger partial charge in [-0.15, -0.1) is 0 Å². The summed E-state index contributed by atoms with van der Waals surface area (Å²) in [5, 5.41) is 2.25. The molecule has 0 bridgehead atoms. The Morgan fingerprint density at radius 1 is 1.05 bits per heavy atom. The van der Waals surface area contributed by atoms with Crippen molar-refractivity contribution in [3.63, 3.8) is 0 Å². The van der Waals surface area contributed by atoms with Gasteiger partial charge in [-0.05, 0) is 30.3 Å². The molecule has 3 nitrogen and oxygen atoms in total. The van der Waals surface area contributed by atoms with Crippen molar-refractivity contribution < 1.29 is 13.6 Å². The maximum atomic E-state index is 13.5. The first kappa shape index (κ1) is 14.0. The third kappa shape index (κ3) is 2.93. The highest BCUT2D eigenvalue weighted by atomic mass is 19.1. The summed E-state index contributed by atoms with van der Waals surface area (Å²) in [5.74, 6) is -2.16. The molecule has 0 aliphatic rings. The lowest BCUT2D eigenvalue weighted by molar-refractivity contribution is 0.102. The van der Waals surface area contributed by atoms with Crippen LogP contribution in [0.25, 0.3) is 0 Å². The summed E-state index contributed by atoms with van der Waals surface area (Å²) in [6, 6.07) is 10.2. The Bertz CT molecular complexity index is 621. The Morgan fingerprint density at radius 2 is 1.65 bits per heavy atom. The van der Waals surface area contributed by atoms with Gasteiger partial charge in [0.05, 0.1) is 0 Å². The van der Waals surface area contributed by atoms with E-state index in [9.17, 15) is 13.6 Å². The number of nitrogens with one attached hydrogen (secondary N) is 1. The zero-order chi connectivity index (χ0) is 14.7. The summed E-state index contributed by atoms with van der Waals surface area (Å²) in [6.45, 7) is 0. The summed E-state index contributed by atoms with van der Waals surface area (Å²) in [7, 11) is 3.68. The minimum absolute atomic E-state index is 0.332. The molecule has 2 aromatic carbocycles. The lowest BCUT2D eigenvalue weighted by atomic mass is 10.1. The van der Waals surface area contributed by atoms with Crippen molar-refractivity contribution in [1.82, 2.24) is 0 Å². The number of carbonyl (C=O) groups excluding carboxylic acids is 1. The Morgan fingerprint density at radius 3 is 2.25 bits per heavy atom. The van der Waals surface area contributed by atoms with E-state index in [0.29, 0.717) is 5.56 Å². The Labute approximate surface area is 115 Å². The number of para-hydroxylation sites is 1. The molecule has 2 aromatic rings. The molecule has 0 spiro atoms. The lowest BCUT2D eigenvalue weighted by Gasteiger charge is -2.13. The second kappa shape index (κ2) is 5.69. The number of amides is 1. The van der Waals surface area contributed by atoms with Gasteiger partial charge in [-0.3, -0.25) is 4.79 Å². The molecule has 0 aliphatic carbocycles. The van der Waals surface area contributed by atoms with Crippen LogP contribution in [0.3, 0.4) is 0 Å². The van der Waals surface area contributed by atoms with Gasteiger partial charge < -0.3 is 10.2 Å². The zero-order valence-electron chi connectivity index (χ0n) is 11.2. The summed E-state index contributed by atoms with van der Waals surface area (Å²) in [5.41, 5.74) is 0.721. The third-order valence-electron chi connectivity index (χ3n) is 2.83. The monoisotopic (exact) mass is 276 g/mol. The molecule has 20 heavy (non-hydrogen) atoms. The number of anilines is 2. The quantitative estimate of drug-likeness (QED) is 0.933. The second-order valence-corrected chi connectivity index (χ2v) is 4.50. The summed E-state index contributed by atoms with van der Waals surface area (Å²) < 4.78 is 26.9. The van der Waals surface area contributed by atoms with Gasteiger partial charge in [-0.2, -0.15) is 0 Å². The van der Waals surface area contributed by atoms with Crippen LogP contribution in [0.5, 0.6) is 0 Å². The summed E-state index contributed by atoms with van der Waals surface area (Å²) in [4.78, 5) is 13.9. The summed E-state index contributed by atoms with van der Waals surface area (Å²) >= 11 is 0. The van der Waals surface area contributed by atoms with E-state index in [1.165, 1.54) is 6.07 Å². The molecule has 5 heteroatoms. The number of hydrogen-bond donors (Lipinski definition) is 1. The van der Waals surface area contributed by atoms with Crippen LogP contribution in [0, 0.1) is 11.6 Å². The predicted octanol–water partition coefficient (Wildman–Crippen LogP) is 3.28. The van der Waals surface area contributed by atoms with Crippen molar-refractivity contribution in [2.24, 2.45) is 0 Å². The van der Waals surface area contributed by atoms with Gasteiger partial charge in [-0.1, -0.05) is 12.1 Å². The van der Waals surface area contributed by atoms with Crippen molar-refractivity contribution in [2.45, 2.75) is 0 Å². The maximum absolute atomic E-state index is 13.5. The van der Waals surface area contributed by atoms with Gasteiger partial charge in [0.15, 0.2) is 0 Å². The van der Waals surface area contributed by atoms with Crippen LogP contribution in [0.15, 0.2) is 42.5 Å². The lowest BCUT2D eigenvalue weighted by Crippen LogP contribution is -2.15. The van der Waals surface area contributed by atoms with Crippen LogP contribution in [0.4, 0.5) is 20.2 Å². The molecular weight excluding hydrogens is 262 g/mol. The Balaban J connectivity index is 2.26. The van der Waals surface area contributed by atoms with Crippen molar-refractivity contribution >= 4 is 17.3 Å². The molecule has 2 rings (SSSR count). The van der Waals surface area contributed by atoms with Gasteiger partial charge in [0.1, 0.15) is 17.3 Å². The topological polar surface area (TPSA) is 32.3 Å².